The first-order chi connectivity index (χ1) is 11.3. The molecule has 0 saturated carbocycles. The van der Waals surface area contributed by atoms with Gasteiger partial charge in [-0.1, -0.05) is 19.1 Å². The number of urea groups is 1. The molecule has 1 aliphatic rings. The van der Waals surface area contributed by atoms with E-state index in [1.807, 2.05) is 6.92 Å². The molecule has 0 radical (unpaired) electrons. The molecule has 2 N–H and O–H groups in total. The molecule has 0 aromatic heterocycles. The van der Waals surface area contributed by atoms with E-state index in [2.05, 4.69) is 5.32 Å². The van der Waals surface area contributed by atoms with Gasteiger partial charge in [-0.05, 0) is 42.4 Å². The number of carbonyl (C=O) groups excluding carboxylic acids is 1. The number of hydrogen-bond donors (Lipinski definition) is 2. The average Bonchev–Trinajstić information content (AvgIpc) is 2.53. The van der Waals surface area contributed by atoms with Gasteiger partial charge in [0.05, 0.1) is 6.42 Å². The summed E-state index contributed by atoms with van der Waals surface area (Å²) in [5, 5.41) is 12.2. The van der Waals surface area contributed by atoms with E-state index in [-0.39, 0.29) is 23.6 Å². The molecule has 0 unspecified atom stereocenters. The molecule has 2 amide bonds. The molecular formula is C17H23F3N2O2. The van der Waals surface area contributed by atoms with Crippen LogP contribution < -0.4 is 5.32 Å². The van der Waals surface area contributed by atoms with Crippen LogP contribution in [0.2, 0.25) is 0 Å². The Kier molecular flexibility index (Phi) is 5.74. The van der Waals surface area contributed by atoms with Crippen LogP contribution in [-0.2, 0) is 6.42 Å². The molecule has 1 aliphatic heterocycles. The van der Waals surface area contributed by atoms with Crippen molar-refractivity contribution >= 4 is 11.7 Å². The molecule has 2 rings (SSSR count). The number of aliphatic hydroxyl groups excluding tert-OH is 1. The second kappa shape index (κ2) is 7.42. The van der Waals surface area contributed by atoms with Crippen LogP contribution in [0.5, 0.6) is 0 Å². The number of nitrogens with one attached hydrogen (secondary N) is 1. The number of benzene rings is 1. The van der Waals surface area contributed by atoms with Crippen LogP contribution >= 0.6 is 0 Å². The summed E-state index contributed by atoms with van der Waals surface area (Å²) in [6.45, 7) is 3.20. The summed E-state index contributed by atoms with van der Waals surface area (Å²) in [6.07, 6.45) is -2.99. The van der Waals surface area contributed by atoms with Crippen LogP contribution in [0.15, 0.2) is 24.3 Å². The Balaban J connectivity index is 1.95. The minimum absolute atomic E-state index is 0.110. The van der Waals surface area contributed by atoms with E-state index in [1.54, 1.807) is 11.0 Å². The molecule has 0 aliphatic carbocycles. The second-order valence-corrected chi connectivity index (χ2v) is 6.42. The Labute approximate surface area is 139 Å². The highest BCUT2D eigenvalue weighted by molar-refractivity contribution is 5.89. The third-order valence-electron chi connectivity index (χ3n) is 4.78. The van der Waals surface area contributed by atoms with Gasteiger partial charge in [-0.15, -0.1) is 0 Å². The van der Waals surface area contributed by atoms with Gasteiger partial charge in [0.2, 0.25) is 0 Å². The number of anilines is 1. The standard InChI is InChI=1S/C17H23F3N2O2/c1-2-16(12-23)6-8-22(9-7-16)15(24)21-14-5-3-4-13(10-14)11-17(18,19)20/h3-5,10,23H,2,6-9,11-12H2,1H3,(H,21,24). The zero-order valence-electron chi connectivity index (χ0n) is 13.7. The maximum Gasteiger partial charge on any atom is 0.393 e. The highest BCUT2D eigenvalue weighted by Crippen LogP contribution is 2.34. The Morgan fingerprint density at radius 2 is 2.00 bits per heavy atom. The minimum atomic E-state index is -4.27. The number of amides is 2. The maximum atomic E-state index is 12.5. The van der Waals surface area contributed by atoms with Crippen molar-refractivity contribution in [3.05, 3.63) is 29.8 Å². The fourth-order valence-corrected chi connectivity index (χ4v) is 3.00. The Bertz CT molecular complexity index is 561. The number of piperidine rings is 1. The highest BCUT2D eigenvalue weighted by Gasteiger charge is 2.34. The molecule has 7 heteroatoms. The molecule has 1 fully saturated rings. The lowest BCUT2D eigenvalue weighted by Crippen LogP contribution is -2.46. The van der Waals surface area contributed by atoms with Gasteiger partial charge in [0.1, 0.15) is 0 Å². The lowest BCUT2D eigenvalue weighted by molar-refractivity contribution is -0.127. The summed E-state index contributed by atoms with van der Waals surface area (Å²) in [7, 11) is 0. The zero-order chi connectivity index (χ0) is 17.8. The minimum Gasteiger partial charge on any atom is -0.396 e. The third kappa shape index (κ3) is 4.87. The quantitative estimate of drug-likeness (QED) is 0.873. The van der Waals surface area contributed by atoms with Gasteiger partial charge in [0.15, 0.2) is 0 Å². The predicted molar refractivity (Wildman–Crippen MR) is 85.8 cm³/mol. The van der Waals surface area contributed by atoms with Crippen LogP contribution in [0.3, 0.4) is 0 Å². The van der Waals surface area contributed by atoms with E-state index in [0.717, 1.165) is 19.3 Å². The molecular weight excluding hydrogens is 321 g/mol. The van der Waals surface area contributed by atoms with Gasteiger partial charge in [0, 0.05) is 25.4 Å². The maximum absolute atomic E-state index is 12.5. The van der Waals surface area contributed by atoms with Gasteiger partial charge in [0.25, 0.3) is 0 Å². The van der Waals surface area contributed by atoms with Gasteiger partial charge >= 0.3 is 12.2 Å². The largest absolute Gasteiger partial charge is 0.396 e. The SMILES string of the molecule is CCC1(CO)CCN(C(=O)Nc2cccc(CC(F)(F)F)c2)CC1. The van der Waals surface area contributed by atoms with Crippen molar-refractivity contribution in [2.24, 2.45) is 5.41 Å². The first-order valence-corrected chi connectivity index (χ1v) is 8.09. The first kappa shape index (κ1) is 18.6. The molecule has 1 aromatic rings. The molecule has 1 heterocycles. The normalized spacial score (nSPS) is 17.6. The van der Waals surface area contributed by atoms with Crippen LogP contribution in [0, 0.1) is 5.41 Å². The van der Waals surface area contributed by atoms with Crippen LogP contribution in [0.4, 0.5) is 23.7 Å². The van der Waals surface area contributed by atoms with E-state index < -0.39 is 12.6 Å². The second-order valence-electron chi connectivity index (χ2n) is 6.42. The van der Waals surface area contributed by atoms with Crippen molar-refractivity contribution in [1.82, 2.24) is 4.90 Å². The Morgan fingerprint density at radius 3 is 2.54 bits per heavy atom. The average molecular weight is 344 g/mol. The van der Waals surface area contributed by atoms with Crippen molar-refractivity contribution in [2.75, 3.05) is 25.0 Å². The van der Waals surface area contributed by atoms with Crippen molar-refractivity contribution < 1.29 is 23.1 Å². The van der Waals surface area contributed by atoms with Crippen molar-refractivity contribution in [3.8, 4) is 0 Å². The molecule has 24 heavy (non-hydrogen) atoms. The lowest BCUT2D eigenvalue weighted by Gasteiger charge is -2.40. The van der Waals surface area contributed by atoms with Crippen molar-refractivity contribution in [2.45, 2.75) is 38.8 Å². The van der Waals surface area contributed by atoms with Gasteiger partial charge in [-0.25, -0.2) is 4.79 Å². The topological polar surface area (TPSA) is 52.6 Å². The summed E-state index contributed by atoms with van der Waals surface area (Å²) < 4.78 is 37.4. The van der Waals surface area contributed by atoms with Crippen LogP contribution in [-0.4, -0.2) is 41.9 Å². The van der Waals surface area contributed by atoms with Gasteiger partial charge in [-0.3, -0.25) is 0 Å². The van der Waals surface area contributed by atoms with E-state index in [1.165, 1.54) is 18.2 Å². The smallest absolute Gasteiger partial charge is 0.393 e. The summed E-state index contributed by atoms with van der Waals surface area (Å²) in [5.74, 6) is 0. The molecule has 4 nitrogen and oxygen atoms in total. The number of carbonyl (C=O) groups is 1. The van der Waals surface area contributed by atoms with E-state index >= 15 is 0 Å². The number of nitrogens with zero attached hydrogens (tertiary/aromatic N) is 1. The molecule has 1 saturated heterocycles. The fraction of sp³-hybridized carbons (Fsp3) is 0.588. The highest BCUT2D eigenvalue weighted by atomic mass is 19.4. The van der Waals surface area contributed by atoms with Crippen LogP contribution in [0.1, 0.15) is 31.7 Å². The predicted octanol–water partition coefficient (Wildman–Crippen LogP) is 3.81. The fourth-order valence-electron chi connectivity index (χ4n) is 3.00. The monoisotopic (exact) mass is 344 g/mol. The summed E-state index contributed by atoms with van der Waals surface area (Å²) in [6, 6.07) is 5.49. The Hall–Kier alpha value is -1.76. The molecule has 0 spiro atoms. The summed E-state index contributed by atoms with van der Waals surface area (Å²) in [5.41, 5.74) is 0.351. The van der Waals surface area contributed by atoms with Gasteiger partial charge in [-0.2, -0.15) is 13.2 Å². The summed E-state index contributed by atoms with van der Waals surface area (Å²) in [4.78, 5) is 13.9. The number of likely N-dealkylation sites (tertiary alicyclic amines) is 1. The van der Waals surface area contributed by atoms with Crippen LogP contribution in [0.25, 0.3) is 0 Å². The first-order valence-electron chi connectivity index (χ1n) is 8.09. The lowest BCUT2D eigenvalue weighted by atomic mass is 9.77. The summed E-state index contributed by atoms with van der Waals surface area (Å²) >= 11 is 0. The molecule has 0 atom stereocenters. The number of halogens is 3. The zero-order valence-corrected chi connectivity index (χ0v) is 13.7. The molecule has 1 aromatic carbocycles. The van der Waals surface area contributed by atoms with E-state index in [0.29, 0.717) is 18.8 Å². The van der Waals surface area contributed by atoms with Crippen molar-refractivity contribution in [1.29, 1.82) is 0 Å². The van der Waals surface area contributed by atoms with Gasteiger partial charge < -0.3 is 15.3 Å². The Morgan fingerprint density at radius 1 is 1.33 bits per heavy atom. The number of aliphatic hydroxyl groups is 1. The van der Waals surface area contributed by atoms with E-state index in [4.69, 9.17) is 0 Å². The van der Waals surface area contributed by atoms with Crippen molar-refractivity contribution in [3.63, 3.8) is 0 Å². The number of rotatable bonds is 4. The van der Waals surface area contributed by atoms with E-state index in [9.17, 15) is 23.1 Å². The molecule has 0 bridgehead atoms. The number of alkyl halides is 3. The molecule has 134 valence electrons. The number of hydrogen-bond acceptors (Lipinski definition) is 2. The third-order valence-corrected chi connectivity index (χ3v) is 4.78.